The number of halogens is 2. The molecule has 40 heavy (non-hydrogen) atoms. The van der Waals surface area contributed by atoms with Gasteiger partial charge in [-0.3, -0.25) is 14.5 Å². The van der Waals surface area contributed by atoms with Crippen molar-refractivity contribution in [2.45, 2.75) is 57.4 Å². The van der Waals surface area contributed by atoms with Gasteiger partial charge in [0.1, 0.15) is 0 Å². The molecule has 13 heteroatoms. The average molecular weight is 592 g/mol. The van der Waals surface area contributed by atoms with Crippen LogP contribution in [0.5, 0.6) is 0 Å². The second-order valence-corrected chi connectivity index (χ2v) is 13.1. The van der Waals surface area contributed by atoms with E-state index in [4.69, 9.17) is 4.98 Å². The van der Waals surface area contributed by atoms with Gasteiger partial charge in [-0.25, -0.2) is 18.7 Å². The largest absolute Gasteiger partial charge is 0.352 e. The van der Waals surface area contributed by atoms with E-state index in [1.165, 1.54) is 53.3 Å². The van der Waals surface area contributed by atoms with Crippen LogP contribution in [0.15, 0.2) is 6.07 Å². The molecule has 1 aromatic carbocycles. The number of benzene rings is 1. The lowest BCUT2D eigenvalue weighted by Gasteiger charge is -2.38. The number of nitrogens with one attached hydrogen (secondary N) is 2. The van der Waals surface area contributed by atoms with Crippen molar-refractivity contribution in [3.05, 3.63) is 11.6 Å². The maximum Gasteiger partial charge on any atom is 0.265 e. The molecule has 2 N–H and O–H groups in total. The number of aryl methyl sites for hydroxylation is 1. The Bertz CT molecular complexity index is 1400. The van der Waals surface area contributed by atoms with Gasteiger partial charge in [0.05, 0.1) is 40.1 Å². The molecule has 3 aromatic rings. The van der Waals surface area contributed by atoms with Crippen LogP contribution in [0.3, 0.4) is 0 Å². The summed E-state index contributed by atoms with van der Waals surface area (Å²) >= 11 is 2.93. The zero-order chi connectivity index (χ0) is 27.9. The van der Waals surface area contributed by atoms with Gasteiger partial charge in [0.2, 0.25) is 11.8 Å². The highest BCUT2D eigenvalue weighted by atomic mass is 32.1. The third-order valence-corrected chi connectivity index (χ3v) is 10.2. The maximum absolute atomic E-state index is 13.7. The molecule has 0 radical (unpaired) electrons. The number of fused-ring (bicyclic) bond motifs is 2. The molecular formula is C27H35F2N7O2S2. The van der Waals surface area contributed by atoms with Gasteiger partial charge in [-0.05, 0) is 32.3 Å². The summed E-state index contributed by atoms with van der Waals surface area (Å²) in [5.74, 6) is -3.06. The zero-order valence-electron chi connectivity index (χ0n) is 22.7. The van der Waals surface area contributed by atoms with Gasteiger partial charge in [-0.2, -0.15) is 0 Å². The summed E-state index contributed by atoms with van der Waals surface area (Å²) in [6.45, 7) is 5.43. The average Bonchev–Trinajstić information content (AvgIpc) is 3.70. The number of thiazole rings is 2. The number of aromatic nitrogens is 2. The molecule has 2 amide bonds. The predicted molar refractivity (Wildman–Crippen MR) is 156 cm³/mol. The number of piperidine rings is 1. The van der Waals surface area contributed by atoms with Crippen LogP contribution < -0.4 is 10.6 Å². The first kappa shape index (κ1) is 27.5. The minimum absolute atomic E-state index is 0.0701. The minimum Gasteiger partial charge on any atom is -0.352 e. The number of hydrogen-bond acceptors (Lipinski definition) is 9. The van der Waals surface area contributed by atoms with E-state index in [0.29, 0.717) is 29.3 Å². The Morgan fingerprint density at radius 3 is 2.05 bits per heavy atom. The Morgan fingerprint density at radius 2 is 1.48 bits per heavy atom. The quantitative estimate of drug-likeness (QED) is 0.421. The molecule has 1 aliphatic carbocycles. The molecule has 216 valence electrons. The van der Waals surface area contributed by atoms with E-state index < -0.39 is 12.5 Å². The molecule has 2 aliphatic heterocycles. The van der Waals surface area contributed by atoms with Gasteiger partial charge in [-0.1, -0.05) is 35.5 Å². The van der Waals surface area contributed by atoms with Gasteiger partial charge in [0.15, 0.2) is 10.3 Å². The lowest BCUT2D eigenvalue weighted by molar-refractivity contribution is -0.139. The highest BCUT2D eigenvalue weighted by molar-refractivity contribution is 7.24. The highest BCUT2D eigenvalue weighted by Crippen LogP contribution is 2.37. The first-order valence-corrected chi connectivity index (χ1v) is 15.7. The van der Waals surface area contributed by atoms with Gasteiger partial charge in [0.25, 0.3) is 5.92 Å². The number of likely N-dealkylation sites (tertiary alicyclic amines) is 1. The fraction of sp³-hybridized carbons (Fsp3) is 0.630. The zero-order valence-corrected chi connectivity index (χ0v) is 24.3. The van der Waals surface area contributed by atoms with E-state index >= 15 is 0 Å². The lowest BCUT2D eigenvalue weighted by atomic mass is 10.1. The van der Waals surface area contributed by atoms with Gasteiger partial charge in [-0.15, -0.1) is 0 Å². The van der Waals surface area contributed by atoms with Crippen molar-refractivity contribution in [2.75, 3.05) is 63.0 Å². The third-order valence-electron chi connectivity index (χ3n) is 8.31. The van der Waals surface area contributed by atoms with E-state index in [-0.39, 0.29) is 31.3 Å². The Balaban J connectivity index is 1.05. The molecule has 0 unspecified atom stereocenters. The van der Waals surface area contributed by atoms with Gasteiger partial charge >= 0.3 is 0 Å². The number of amides is 2. The highest BCUT2D eigenvalue weighted by Gasteiger charge is 2.37. The smallest absolute Gasteiger partial charge is 0.265 e. The summed E-state index contributed by atoms with van der Waals surface area (Å²) in [5.41, 5.74) is 2.56. The van der Waals surface area contributed by atoms with E-state index in [0.717, 1.165) is 52.2 Å². The van der Waals surface area contributed by atoms with Crippen molar-refractivity contribution in [2.24, 2.45) is 0 Å². The Kier molecular flexibility index (Phi) is 7.79. The van der Waals surface area contributed by atoms with Crippen LogP contribution in [0.25, 0.3) is 20.4 Å². The molecule has 0 spiro atoms. The molecule has 3 fully saturated rings. The predicted octanol–water partition coefficient (Wildman–Crippen LogP) is 4.38. The number of piperazine rings is 1. The standard InChI is InChI=1S/C27H35F2N7O2S2/c1-17-23-19(13-20-24(17)33-26(40-20)31-15-22(38)36-8-4-7-27(28,29)16-36)39-25(32-23)30-14-21(37)35-11-9-34(10-12-35)18-5-2-3-6-18/h13,18H,2-12,14-16H2,1H3,(H,30,32)(H,31,33). The van der Waals surface area contributed by atoms with Crippen molar-refractivity contribution >= 4 is 65.2 Å². The molecule has 1 saturated carbocycles. The van der Waals surface area contributed by atoms with E-state index in [9.17, 15) is 18.4 Å². The Labute approximate surface area is 239 Å². The number of carbonyl (C=O) groups is 2. The number of rotatable bonds is 7. The topological polar surface area (TPSA) is 93.7 Å². The van der Waals surface area contributed by atoms with Crippen LogP contribution in [0.2, 0.25) is 0 Å². The fourth-order valence-electron chi connectivity index (χ4n) is 6.09. The van der Waals surface area contributed by atoms with Crippen molar-refractivity contribution in [3.8, 4) is 0 Å². The van der Waals surface area contributed by atoms with Crippen LogP contribution >= 0.6 is 22.7 Å². The molecule has 2 aromatic heterocycles. The molecule has 0 bridgehead atoms. The number of anilines is 2. The molecule has 0 atom stereocenters. The molecule has 9 nitrogen and oxygen atoms in total. The SMILES string of the molecule is Cc1c2nc(NCC(=O)N3CCN(C4CCCC4)CC3)sc2cc2sc(NCC(=O)N3CCCC(F)(F)C3)nc12. The van der Waals surface area contributed by atoms with Crippen molar-refractivity contribution in [1.82, 2.24) is 24.7 Å². The lowest BCUT2D eigenvalue weighted by Crippen LogP contribution is -2.52. The number of carbonyl (C=O) groups excluding carboxylic acids is 2. The van der Waals surface area contributed by atoms with Crippen molar-refractivity contribution < 1.29 is 18.4 Å². The second kappa shape index (κ2) is 11.3. The van der Waals surface area contributed by atoms with Crippen LogP contribution in [-0.2, 0) is 9.59 Å². The molecule has 2 saturated heterocycles. The van der Waals surface area contributed by atoms with Crippen LogP contribution in [0, 0.1) is 6.92 Å². The number of nitrogens with zero attached hydrogens (tertiary/aromatic N) is 5. The summed E-state index contributed by atoms with van der Waals surface area (Å²) in [6.07, 6.45) is 5.38. The van der Waals surface area contributed by atoms with Crippen molar-refractivity contribution in [3.63, 3.8) is 0 Å². The van der Waals surface area contributed by atoms with Crippen LogP contribution in [-0.4, -0.2) is 101 Å². The minimum atomic E-state index is -2.81. The normalized spacial score (nSPS) is 20.5. The van der Waals surface area contributed by atoms with Gasteiger partial charge in [0, 0.05) is 50.7 Å². The molecule has 3 aliphatic rings. The summed E-state index contributed by atoms with van der Waals surface area (Å²) in [7, 11) is 0. The second-order valence-electron chi connectivity index (χ2n) is 11.1. The van der Waals surface area contributed by atoms with Crippen LogP contribution in [0.4, 0.5) is 19.0 Å². The third kappa shape index (κ3) is 5.87. The summed E-state index contributed by atoms with van der Waals surface area (Å²) in [4.78, 5) is 40.5. The van der Waals surface area contributed by atoms with E-state index in [1.807, 2.05) is 17.9 Å². The summed E-state index contributed by atoms with van der Waals surface area (Å²) < 4.78 is 29.3. The van der Waals surface area contributed by atoms with Gasteiger partial charge < -0.3 is 20.4 Å². The first-order chi connectivity index (χ1) is 19.3. The fourth-order valence-corrected chi connectivity index (χ4v) is 8.09. The molecular weight excluding hydrogens is 556 g/mol. The number of alkyl halides is 2. The number of hydrogen-bond donors (Lipinski definition) is 2. The Hall–Kier alpha value is -2.64. The van der Waals surface area contributed by atoms with E-state index in [2.05, 4.69) is 20.5 Å². The summed E-state index contributed by atoms with van der Waals surface area (Å²) in [6, 6.07) is 2.73. The van der Waals surface area contributed by atoms with Crippen LogP contribution in [0.1, 0.15) is 44.1 Å². The monoisotopic (exact) mass is 591 g/mol. The molecule has 6 rings (SSSR count). The first-order valence-electron chi connectivity index (χ1n) is 14.1. The molecule has 4 heterocycles. The summed E-state index contributed by atoms with van der Waals surface area (Å²) in [5, 5.41) is 7.53. The van der Waals surface area contributed by atoms with E-state index in [1.54, 1.807) is 0 Å². The van der Waals surface area contributed by atoms with Crippen molar-refractivity contribution in [1.29, 1.82) is 0 Å². The maximum atomic E-state index is 13.7. The Morgan fingerprint density at radius 1 is 0.900 bits per heavy atom.